The summed E-state index contributed by atoms with van der Waals surface area (Å²) < 4.78 is 4.63. The molecule has 0 bridgehead atoms. The van der Waals surface area contributed by atoms with E-state index < -0.39 is 11.9 Å². The molecule has 0 aromatic heterocycles. The summed E-state index contributed by atoms with van der Waals surface area (Å²) in [5.41, 5.74) is 6.45. The van der Waals surface area contributed by atoms with Crippen LogP contribution in [0.25, 0.3) is 0 Å². The van der Waals surface area contributed by atoms with Crippen molar-refractivity contribution in [2.24, 2.45) is 5.73 Å². The fraction of sp³-hybridized carbons (Fsp3) is 0.400. The number of methoxy groups -OCH3 is 1. The lowest BCUT2D eigenvalue weighted by molar-refractivity contribution is -0.148. The van der Waals surface area contributed by atoms with E-state index in [1.54, 1.807) is 12.1 Å². The molecule has 0 spiro atoms. The van der Waals surface area contributed by atoms with Crippen LogP contribution in [0.5, 0.6) is 0 Å². The second-order valence-electron chi connectivity index (χ2n) is 4.88. The summed E-state index contributed by atoms with van der Waals surface area (Å²) in [5, 5.41) is 0. The second kappa shape index (κ2) is 7.73. The van der Waals surface area contributed by atoms with Crippen LogP contribution in [0, 0.1) is 0 Å². The molecule has 1 amide bonds. The minimum absolute atomic E-state index is 0.0849. The minimum Gasteiger partial charge on any atom is -0.468 e. The van der Waals surface area contributed by atoms with Gasteiger partial charge in [0, 0.05) is 6.04 Å². The Balaban J connectivity index is 3.08. The number of nitrogens with zero attached hydrogens (tertiary/aromatic N) is 1. The smallest absolute Gasteiger partial charge is 0.325 e. The molecular weight excluding hydrogens is 288 g/mol. The third kappa shape index (κ3) is 4.53. The van der Waals surface area contributed by atoms with Gasteiger partial charge in [-0.25, -0.2) is 0 Å². The summed E-state index contributed by atoms with van der Waals surface area (Å²) in [6, 6.07) is 8.88. The summed E-state index contributed by atoms with van der Waals surface area (Å²) in [6.07, 6.45) is 0. The van der Waals surface area contributed by atoms with Crippen LogP contribution in [-0.2, 0) is 14.3 Å². The van der Waals surface area contributed by atoms with Crippen molar-refractivity contribution in [2.45, 2.75) is 25.8 Å². The quantitative estimate of drug-likeness (QED) is 0.636. The molecule has 0 saturated carbocycles. The average Bonchev–Trinajstić information content (AvgIpc) is 2.44. The fourth-order valence-corrected chi connectivity index (χ4v) is 2.20. The van der Waals surface area contributed by atoms with Gasteiger partial charge in [0.05, 0.1) is 12.1 Å². The summed E-state index contributed by atoms with van der Waals surface area (Å²) in [5.74, 6) is -1.52. The zero-order valence-electron chi connectivity index (χ0n) is 12.4. The molecule has 0 radical (unpaired) electrons. The molecule has 21 heavy (non-hydrogen) atoms. The molecule has 2 N–H and O–H groups in total. The number of thiocarbonyl (C=S) groups is 1. The largest absolute Gasteiger partial charge is 0.468 e. The number of amides is 1. The Morgan fingerprint density at radius 2 is 1.86 bits per heavy atom. The van der Waals surface area contributed by atoms with Gasteiger partial charge in [0.2, 0.25) is 5.91 Å². The van der Waals surface area contributed by atoms with Crippen molar-refractivity contribution in [1.82, 2.24) is 4.90 Å². The molecule has 1 unspecified atom stereocenters. The lowest BCUT2D eigenvalue weighted by atomic mass is 9.97. The highest BCUT2D eigenvalue weighted by Gasteiger charge is 2.31. The van der Waals surface area contributed by atoms with Crippen LogP contribution in [0.4, 0.5) is 0 Å². The zero-order chi connectivity index (χ0) is 16.0. The molecule has 0 aliphatic rings. The molecule has 0 fully saturated rings. The Labute approximate surface area is 130 Å². The third-order valence-electron chi connectivity index (χ3n) is 3.10. The van der Waals surface area contributed by atoms with E-state index in [1.807, 2.05) is 32.0 Å². The van der Waals surface area contributed by atoms with E-state index in [0.717, 1.165) is 0 Å². The van der Waals surface area contributed by atoms with Crippen molar-refractivity contribution in [1.29, 1.82) is 0 Å². The van der Waals surface area contributed by atoms with E-state index in [4.69, 9.17) is 18.0 Å². The fourth-order valence-electron chi connectivity index (χ4n) is 1.96. The lowest BCUT2D eigenvalue weighted by Gasteiger charge is -2.29. The van der Waals surface area contributed by atoms with Crippen LogP contribution < -0.4 is 5.73 Å². The maximum absolute atomic E-state index is 12.7. The number of rotatable bonds is 6. The number of carbonyl (C=O) groups excluding carboxylic acids is 2. The van der Waals surface area contributed by atoms with E-state index in [9.17, 15) is 9.59 Å². The number of benzene rings is 1. The number of carbonyl (C=O) groups is 2. The predicted molar refractivity (Wildman–Crippen MR) is 84.8 cm³/mol. The molecule has 6 heteroatoms. The van der Waals surface area contributed by atoms with Gasteiger partial charge in [-0.05, 0) is 19.4 Å². The molecule has 0 heterocycles. The lowest BCUT2D eigenvalue weighted by Crippen LogP contribution is -2.46. The van der Waals surface area contributed by atoms with Crippen LogP contribution >= 0.6 is 12.2 Å². The van der Waals surface area contributed by atoms with Gasteiger partial charge < -0.3 is 15.4 Å². The van der Waals surface area contributed by atoms with E-state index in [0.29, 0.717) is 5.56 Å². The van der Waals surface area contributed by atoms with E-state index in [1.165, 1.54) is 12.0 Å². The van der Waals surface area contributed by atoms with E-state index >= 15 is 0 Å². The highest BCUT2D eigenvalue weighted by atomic mass is 32.1. The van der Waals surface area contributed by atoms with Crippen molar-refractivity contribution in [3.63, 3.8) is 0 Å². The topological polar surface area (TPSA) is 72.6 Å². The van der Waals surface area contributed by atoms with Gasteiger partial charge in [0.25, 0.3) is 0 Å². The van der Waals surface area contributed by atoms with Gasteiger partial charge in [-0.2, -0.15) is 0 Å². The summed E-state index contributed by atoms with van der Waals surface area (Å²) >= 11 is 5.04. The first-order valence-corrected chi connectivity index (χ1v) is 7.00. The highest BCUT2D eigenvalue weighted by molar-refractivity contribution is 7.80. The summed E-state index contributed by atoms with van der Waals surface area (Å²) in [7, 11) is 1.29. The molecule has 0 aliphatic carbocycles. The van der Waals surface area contributed by atoms with Crippen molar-refractivity contribution in [3.8, 4) is 0 Å². The first kappa shape index (κ1) is 17.1. The van der Waals surface area contributed by atoms with Gasteiger partial charge in [-0.3, -0.25) is 9.59 Å². The Morgan fingerprint density at radius 1 is 1.29 bits per heavy atom. The number of ether oxygens (including phenoxy) is 1. The molecule has 1 aromatic rings. The molecule has 5 nitrogen and oxygen atoms in total. The van der Waals surface area contributed by atoms with Crippen molar-refractivity contribution in [3.05, 3.63) is 35.9 Å². The molecule has 0 aliphatic heterocycles. The van der Waals surface area contributed by atoms with Crippen molar-refractivity contribution >= 4 is 29.1 Å². The first-order valence-electron chi connectivity index (χ1n) is 6.60. The van der Waals surface area contributed by atoms with E-state index in [-0.39, 0.29) is 23.5 Å². The standard InChI is InChI=1S/C15H20N2O3S/c1-10(2)17(9-12(18)20-3)15(19)13(14(16)21)11-7-5-4-6-8-11/h4-8,10,13H,9H2,1-3H3,(H2,16,21). The van der Waals surface area contributed by atoms with Gasteiger partial charge in [-0.15, -0.1) is 0 Å². The average molecular weight is 308 g/mol. The first-order chi connectivity index (χ1) is 9.88. The number of hydrogen-bond donors (Lipinski definition) is 1. The minimum atomic E-state index is -0.742. The van der Waals surface area contributed by atoms with Crippen LogP contribution in [0.3, 0.4) is 0 Å². The zero-order valence-corrected chi connectivity index (χ0v) is 13.2. The molecule has 0 saturated heterocycles. The maximum atomic E-state index is 12.7. The van der Waals surface area contributed by atoms with Gasteiger partial charge >= 0.3 is 5.97 Å². The number of nitrogens with two attached hydrogens (primary N) is 1. The monoisotopic (exact) mass is 308 g/mol. The third-order valence-corrected chi connectivity index (χ3v) is 3.33. The van der Waals surface area contributed by atoms with Crippen molar-refractivity contribution in [2.75, 3.05) is 13.7 Å². The Morgan fingerprint density at radius 3 is 2.29 bits per heavy atom. The maximum Gasteiger partial charge on any atom is 0.325 e. The van der Waals surface area contributed by atoms with Crippen molar-refractivity contribution < 1.29 is 14.3 Å². The Hall–Kier alpha value is -1.95. The molecular formula is C15H20N2O3S. The van der Waals surface area contributed by atoms with Gasteiger partial charge in [0.1, 0.15) is 12.5 Å². The molecule has 114 valence electrons. The Bertz CT molecular complexity index is 517. The predicted octanol–water partition coefficient (Wildman–Crippen LogP) is 1.47. The van der Waals surface area contributed by atoms with Crippen LogP contribution in [0.2, 0.25) is 0 Å². The highest BCUT2D eigenvalue weighted by Crippen LogP contribution is 2.20. The SMILES string of the molecule is COC(=O)CN(C(=O)C(C(N)=S)c1ccccc1)C(C)C. The van der Waals surface area contributed by atoms with Crippen LogP contribution in [0.1, 0.15) is 25.3 Å². The molecule has 1 atom stereocenters. The van der Waals surface area contributed by atoms with Crippen LogP contribution in [0.15, 0.2) is 30.3 Å². The molecule has 1 rings (SSSR count). The van der Waals surface area contributed by atoms with Gasteiger partial charge in [0.15, 0.2) is 0 Å². The summed E-state index contributed by atoms with van der Waals surface area (Å²) in [4.78, 5) is 25.7. The van der Waals surface area contributed by atoms with Gasteiger partial charge in [-0.1, -0.05) is 42.5 Å². The van der Waals surface area contributed by atoms with Crippen LogP contribution in [-0.4, -0.2) is 41.5 Å². The number of hydrogen-bond acceptors (Lipinski definition) is 4. The normalized spacial score (nSPS) is 11.8. The molecule has 1 aromatic carbocycles. The number of esters is 1. The Kier molecular flexibility index (Phi) is 6.30. The second-order valence-corrected chi connectivity index (χ2v) is 5.35. The summed E-state index contributed by atoms with van der Waals surface area (Å²) in [6.45, 7) is 3.52. The van der Waals surface area contributed by atoms with E-state index in [2.05, 4.69) is 4.74 Å².